The van der Waals surface area contributed by atoms with Gasteiger partial charge in [-0.2, -0.15) is 0 Å². The maximum absolute atomic E-state index is 12.1. The van der Waals surface area contributed by atoms with E-state index in [0.717, 1.165) is 5.75 Å². The van der Waals surface area contributed by atoms with Crippen molar-refractivity contribution >= 4 is 11.9 Å². The minimum Gasteiger partial charge on any atom is -0.494 e. The second-order valence-electron chi connectivity index (χ2n) is 5.21. The molecule has 0 bridgehead atoms. The molecule has 6 nitrogen and oxygen atoms in total. The number of hydrogen-bond donors (Lipinski definition) is 1. The van der Waals surface area contributed by atoms with Gasteiger partial charge >= 0.3 is 5.97 Å². The van der Waals surface area contributed by atoms with Gasteiger partial charge in [-0.15, -0.1) is 0 Å². The number of carbonyl (C=O) groups excluding carboxylic acids is 1. The fraction of sp³-hybridized carbons (Fsp3) is 0.500. The SMILES string of the molecule is CCOc1ccc(OCC(=O)N2CCCC(C(=O)O)C2)cc1. The van der Waals surface area contributed by atoms with Crippen molar-refractivity contribution in [2.45, 2.75) is 19.8 Å². The van der Waals surface area contributed by atoms with E-state index in [1.54, 1.807) is 29.2 Å². The Balaban J connectivity index is 1.83. The highest BCUT2D eigenvalue weighted by atomic mass is 16.5. The van der Waals surface area contributed by atoms with Crippen molar-refractivity contribution in [3.63, 3.8) is 0 Å². The Bertz CT molecular complexity index is 514. The van der Waals surface area contributed by atoms with Crippen molar-refractivity contribution < 1.29 is 24.2 Å². The lowest BCUT2D eigenvalue weighted by atomic mass is 9.98. The van der Waals surface area contributed by atoms with E-state index in [1.807, 2.05) is 6.92 Å². The van der Waals surface area contributed by atoms with E-state index >= 15 is 0 Å². The molecular weight excluding hydrogens is 286 g/mol. The molecule has 1 aliphatic heterocycles. The van der Waals surface area contributed by atoms with Crippen LogP contribution in [0.15, 0.2) is 24.3 Å². The Labute approximate surface area is 129 Å². The number of rotatable bonds is 6. The van der Waals surface area contributed by atoms with E-state index < -0.39 is 11.9 Å². The van der Waals surface area contributed by atoms with Gasteiger partial charge in [0, 0.05) is 13.1 Å². The minimum atomic E-state index is -0.843. The van der Waals surface area contributed by atoms with Gasteiger partial charge in [0.15, 0.2) is 6.61 Å². The van der Waals surface area contributed by atoms with Crippen LogP contribution >= 0.6 is 0 Å². The lowest BCUT2D eigenvalue weighted by molar-refractivity contribution is -0.146. The van der Waals surface area contributed by atoms with E-state index in [9.17, 15) is 9.59 Å². The largest absolute Gasteiger partial charge is 0.494 e. The van der Waals surface area contributed by atoms with Crippen molar-refractivity contribution in [1.29, 1.82) is 0 Å². The summed E-state index contributed by atoms with van der Waals surface area (Å²) in [5.41, 5.74) is 0. The summed E-state index contributed by atoms with van der Waals surface area (Å²) >= 11 is 0. The van der Waals surface area contributed by atoms with Gasteiger partial charge in [0.1, 0.15) is 11.5 Å². The molecule has 22 heavy (non-hydrogen) atoms. The number of carboxylic acid groups (broad SMARTS) is 1. The third kappa shape index (κ3) is 4.38. The highest BCUT2D eigenvalue weighted by Gasteiger charge is 2.28. The summed E-state index contributed by atoms with van der Waals surface area (Å²) in [6.07, 6.45) is 1.34. The van der Waals surface area contributed by atoms with Crippen molar-refractivity contribution in [3.05, 3.63) is 24.3 Å². The van der Waals surface area contributed by atoms with Crippen LogP contribution in [0.5, 0.6) is 11.5 Å². The Morgan fingerprint density at radius 2 is 1.86 bits per heavy atom. The standard InChI is InChI=1S/C16H21NO5/c1-2-21-13-5-7-14(8-6-13)22-11-15(18)17-9-3-4-12(10-17)16(19)20/h5-8,12H,2-4,9-11H2,1H3,(H,19,20). The second-order valence-corrected chi connectivity index (χ2v) is 5.21. The van der Waals surface area contributed by atoms with Crippen molar-refractivity contribution in [2.75, 3.05) is 26.3 Å². The molecule has 0 aliphatic carbocycles. The number of carboxylic acids is 1. The summed E-state index contributed by atoms with van der Waals surface area (Å²) in [5.74, 6) is -0.155. The van der Waals surface area contributed by atoms with Crippen LogP contribution in [0.25, 0.3) is 0 Å². The highest BCUT2D eigenvalue weighted by molar-refractivity contribution is 5.79. The third-order valence-corrected chi connectivity index (χ3v) is 3.62. The Morgan fingerprint density at radius 1 is 1.23 bits per heavy atom. The average Bonchev–Trinajstić information content (AvgIpc) is 2.54. The number of likely N-dealkylation sites (tertiary alicyclic amines) is 1. The van der Waals surface area contributed by atoms with E-state index in [1.165, 1.54) is 0 Å². The molecule has 120 valence electrons. The molecule has 2 rings (SSSR count). The number of amides is 1. The van der Waals surface area contributed by atoms with Crippen molar-refractivity contribution in [1.82, 2.24) is 4.90 Å². The monoisotopic (exact) mass is 307 g/mol. The minimum absolute atomic E-state index is 0.0830. The molecule has 6 heteroatoms. The van der Waals surface area contributed by atoms with Crippen LogP contribution in [0.4, 0.5) is 0 Å². The molecule has 1 aliphatic rings. The van der Waals surface area contributed by atoms with Crippen LogP contribution in [0.1, 0.15) is 19.8 Å². The lowest BCUT2D eigenvalue weighted by Gasteiger charge is -2.30. The molecule has 0 spiro atoms. The van der Waals surface area contributed by atoms with E-state index in [-0.39, 0.29) is 19.1 Å². The summed E-state index contributed by atoms with van der Waals surface area (Å²) in [6, 6.07) is 7.05. The van der Waals surface area contributed by atoms with Crippen LogP contribution in [-0.4, -0.2) is 48.2 Å². The fourth-order valence-electron chi connectivity index (χ4n) is 2.44. The Hall–Kier alpha value is -2.24. The summed E-state index contributed by atoms with van der Waals surface area (Å²) in [5, 5.41) is 9.03. The topological polar surface area (TPSA) is 76.1 Å². The first-order chi connectivity index (χ1) is 10.6. The smallest absolute Gasteiger partial charge is 0.308 e. The summed E-state index contributed by atoms with van der Waals surface area (Å²) < 4.78 is 10.8. The Kier molecular flexibility index (Phi) is 5.63. The molecule has 1 N–H and O–H groups in total. The molecule has 1 amide bonds. The number of piperidine rings is 1. The zero-order valence-corrected chi connectivity index (χ0v) is 12.7. The fourth-order valence-corrected chi connectivity index (χ4v) is 2.44. The maximum atomic E-state index is 12.1. The predicted octanol–water partition coefficient (Wildman–Crippen LogP) is 1.79. The van der Waals surface area contributed by atoms with Crippen LogP contribution in [-0.2, 0) is 9.59 Å². The quantitative estimate of drug-likeness (QED) is 0.867. The molecule has 1 fully saturated rings. The van der Waals surface area contributed by atoms with Crippen LogP contribution < -0.4 is 9.47 Å². The molecule has 1 aromatic rings. The second kappa shape index (κ2) is 7.68. The summed E-state index contributed by atoms with van der Waals surface area (Å²) in [6.45, 7) is 3.28. The van der Waals surface area contributed by atoms with Gasteiger partial charge in [0.25, 0.3) is 5.91 Å². The van der Waals surface area contributed by atoms with Crippen LogP contribution in [0.2, 0.25) is 0 Å². The molecule has 1 unspecified atom stereocenters. The Morgan fingerprint density at radius 3 is 2.45 bits per heavy atom. The van der Waals surface area contributed by atoms with E-state index in [2.05, 4.69) is 0 Å². The molecule has 0 aromatic heterocycles. The number of carbonyl (C=O) groups is 2. The molecule has 1 saturated heterocycles. The molecule has 1 aromatic carbocycles. The van der Waals surface area contributed by atoms with Crippen LogP contribution in [0.3, 0.4) is 0 Å². The lowest BCUT2D eigenvalue weighted by Crippen LogP contribution is -2.44. The number of aliphatic carboxylic acids is 1. The molecule has 0 saturated carbocycles. The van der Waals surface area contributed by atoms with E-state index in [0.29, 0.717) is 31.7 Å². The molecule has 1 atom stereocenters. The summed E-state index contributed by atoms with van der Waals surface area (Å²) in [7, 11) is 0. The predicted molar refractivity (Wildman–Crippen MR) is 80.0 cm³/mol. The van der Waals surface area contributed by atoms with Gasteiger partial charge in [0.05, 0.1) is 12.5 Å². The first kappa shape index (κ1) is 16.1. The normalized spacial score (nSPS) is 17.9. The number of benzene rings is 1. The number of ether oxygens (including phenoxy) is 2. The highest BCUT2D eigenvalue weighted by Crippen LogP contribution is 2.19. The molecular formula is C16H21NO5. The van der Waals surface area contributed by atoms with E-state index in [4.69, 9.17) is 14.6 Å². The van der Waals surface area contributed by atoms with Gasteiger partial charge in [0.2, 0.25) is 0 Å². The van der Waals surface area contributed by atoms with Crippen LogP contribution in [0, 0.1) is 5.92 Å². The molecule has 0 radical (unpaired) electrons. The third-order valence-electron chi connectivity index (χ3n) is 3.62. The first-order valence-electron chi connectivity index (χ1n) is 7.46. The zero-order valence-electron chi connectivity index (χ0n) is 12.7. The van der Waals surface area contributed by atoms with Crippen molar-refractivity contribution in [2.24, 2.45) is 5.92 Å². The van der Waals surface area contributed by atoms with Gasteiger partial charge in [-0.05, 0) is 44.0 Å². The average molecular weight is 307 g/mol. The zero-order chi connectivity index (χ0) is 15.9. The molecule has 1 heterocycles. The van der Waals surface area contributed by atoms with Gasteiger partial charge in [-0.3, -0.25) is 9.59 Å². The van der Waals surface area contributed by atoms with Crippen molar-refractivity contribution in [3.8, 4) is 11.5 Å². The number of hydrogen-bond acceptors (Lipinski definition) is 4. The van der Waals surface area contributed by atoms with Gasteiger partial charge < -0.3 is 19.5 Å². The summed E-state index contributed by atoms with van der Waals surface area (Å²) in [4.78, 5) is 24.7. The van der Waals surface area contributed by atoms with Gasteiger partial charge in [-0.25, -0.2) is 0 Å². The first-order valence-corrected chi connectivity index (χ1v) is 7.46. The van der Waals surface area contributed by atoms with Gasteiger partial charge in [-0.1, -0.05) is 0 Å². The number of nitrogens with zero attached hydrogens (tertiary/aromatic N) is 1. The maximum Gasteiger partial charge on any atom is 0.308 e.